The number of hydrogen-bond donors (Lipinski definition) is 1. The number of nitrogens with one attached hydrogen (secondary N) is 1. The summed E-state index contributed by atoms with van der Waals surface area (Å²) in [6, 6.07) is 0. The molecule has 0 aliphatic heterocycles. The molecule has 0 aromatic rings. The monoisotopic (exact) mass is 267 g/mol. The third-order valence-electron chi connectivity index (χ3n) is 6.09. The van der Waals surface area contributed by atoms with Gasteiger partial charge in [-0.25, -0.2) is 0 Å². The van der Waals surface area contributed by atoms with Gasteiger partial charge in [-0.15, -0.1) is 0 Å². The van der Waals surface area contributed by atoms with Gasteiger partial charge in [-0.1, -0.05) is 34.6 Å². The van der Waals surface area contributed by atoms with Crippen LogP contribution in [-0.2, 0) is 4.74 Å². The summed E-state index contributed by atoms with van der Waals surface area (Å²) in [6.07, 6.45) is 4.83. The van der Waals surface area contributed by atoms with Gasteiger partial charge in [-0.3, -0.25) is 0 Å². The van der Waals surface area contributed by atoms with Crippen molar-refractivity contribution in [3.8, 4) is 0 Å². The number of rotatable bonds is 6. The Kier molecular flexibility index (Phi) is 4.32. The van der Waals surface area contributed by atoms with E-state index in [0.29, 0.717) is 29.0 Å². The van der Waals surface area contributed by atoms with Gasteiger partial charge in [0.1, 0.15) is 0 Å². The summed E-state index contributed by atoms with van der Waals surface area (Å²) in [5.41, 5.74) is 0.854. The predicted molar refractivity (Wildman–Crippen MR) is 81.3 cm³/mol. The summed E-state index contributed by atoms with van der Waals surface area (Å²) >= 11 is 0. The van der Waals surface area contributed by atoms with Crippen LogP contribution in [0.2, 0.25) is 0 Å². The molecule has 0 aromatic carbocycles. The van der Waals surface area contributed by atoms with Crippen molar-refractivity contribution in [2.75, 3.05) is 13.1 Å². The van der Waals surface area contributed by atoms with Crippen LogP contribution in [0.4, 0.5) is 0 Å². The van der Waals surface area contributed by atoms with E-state index in [1.807, 2.05) is 0 Å². The smallest absolute Gasteiger partial charge is 0.0675 e. The predicted octanol–water partition coefficient (Wildman–Crippen LogP) is 3.85. The van der Waals surface area contributed by atoms with Crippen LogP contribution in [0.1, 0.15) is 60.8 Å². The molecule has 0 aromatic heterocycles. The second-order valence-corrected chi connectivity index (χ2v) is 8.10. The molecule has 4 atom stereocenters. The molecule has 0 radical (unpaired) electrons. The van der Waals surface area contributed by atoms with E-state index in [9.17, 15) is 0 Å². The molecule has 2 rings (SSSR count). The van der Waals surface area contributed by atoms with Crippen molar-refractivity contribution in [1.82, 2.24) is 5.32 Å². The summed E-state index contributed by atoms with van der Waals surface area (Å²) in [7, 11) is 0. The first kappa shape index (κ1) is 15.3. The second-order valence-electron chi connectivity index (χ2n) is 8.10. The standard InChI is InChI=1S/C17H33NO/c1-12(2)10-18-11-13(3)19-15-9-14-7-8-17(15,6)16(14,4)5/h12-15,18H,7-11H2,1-6H3. The van der Waals surface area contributed by atoms with Crippen LogP contribution in [0.15, 0.2) is 0 Å². The van der Waals surface area contributed by atoms with Crippen LogP contribution in [0.5, 0.6) is 0 Å². The highest BCUT2D eigenvalue weighted by Gasteiger charge is 2.62. The molecule has 19 heavy (non-hydrogen) atoms. The van der Waals surface area contributed by atoms with Crippen molar-refractivity contribution in [1.29, 1.82) is 0 Å². The lowest BCUT2D eigenvalue weighted by Crippen LogP contribution is -2.41. The molecular formula is C17H33NO. The number of fused-ring (bicyclic) bond motifs is 2. The fraction of sp³-hybridized carbons (Fsp3) is 1.00. The summed E-state index contributed by atoms with van der Waals surface area (Å²) in [5, 5.41) is 3.51. The maximum atomic E-state index is 6.40. The van der Waals surface area contributed by atoms with Gasteiger partial charge in [-0.2, -0.15) is 0 Å². The molecule has 4 unspecified atom stereocenters. The molecule has 2 nitrogen and oxygen atoms in total. The van der Waals surface area contributed by atoms with E-state index in [0.717, 1.165) is 19.0 Å². The van der Waals surface area contributed by atoms with E-state index < -0.39 is 0 Å². The average molecular weight is 267 g/mol. The maximum absolute atomic E-state index is 6.40. The minimum atomic E-state index is 0.329. The maximum Gasteiger partial charge on any atom is 0.0675 e. The first-order valence-electron chi connectivity index (χ1n) is 8.13. The minimum Gasteiger partial charge on any atom is -0.373 e. The molecule has 0 heterocycles. The van der Waals surface area contributed by atoms with Gasteiger partial charge < -0.3 is 10.1 Å². The van der Waals surface area contributed by atoms with Crippen LogP contribution in [0, 0.1) is 22.7 Å². The largest absolute Gasteiger partial charge is 0.373 e. The molecule has 2 saturated carbocycles. The fourth-order valence-corrected chi connectivity index (χ4v) is 4.24. The zero-order valence-electron chi connectivity index (χ0n) is 13.8. The highest BCUT2D eigenvalue weighted by atomic mass is 16.5. The van der Waals surface area contributed by atoms with E-state index >= 15 is 0 Å². The lowest BCUT2D eigenvalue weighted by Gasteiger charge is -2.40. The number of hydrogen-bond acceptors (Lipinski definition) is 2. The molecule has 2 bridgehead atoms. The Morgan fingerprint density at radius 3 is 2.32 bits per heavy atom. The second kappa shape index (κ2) is 5.37. The minimum absolute atomic E-state index is 0.329. The molecule has 0 amide bonds. The Balaban J connectivity index is 1.84. The Morgan fingerprint density at radius 1 is 1.16 bits per heavy atom. The Labute approximate surface area is 119 Å². The lowest BCUT2D eigenvalue weighted by atomic mass is 9.70. The first-order valence-corrected chi connectivity index (χ1v) is 8.13. The van der Waals surface area contributed by atoms with E-state index in [-0.39, 0.29) is 0 Å². The van der Waals surface area contributed by atoms with Gasteiger partial charge >= 0.3 is 0 Å². The van der Waals surface area contributed by atoms with Gasteiger partial charge in [0.2, 0.25) is 0 Å². The third kappa shape index (κ3) is 2.71. The van der Waals surface area contributed by atoms with Crippen LogP contribution in [0.25, 0.3) is 0 Å². The van der Waals surface area contributed by atoms with Gasteiger partial charge in [0.25, 0.3) is 0 Å². The van der Waals surface area contributed by atoms with Gasteiger partial charge in [0, 0.05) is 6.54 Å². The van der Waals surface area contributed by atoms with Crippen molar-refractivity contribution in [3.05, 3.63) is 0 Å². The van der Waals surface area contributed by atoms with E-state index in [2.05, 4.69) is 46.9 Å². The molecule has 0 spiro atoms. The Bertz CT molecular complexity index is 312. The van der Waals surface area contributed by atoms with Crippen LogP contribution in [-0.4, -0.2) is 25.3 Å². The molecule has 2 aliphatic rings. The van der Waals surface area contributed by atoms with Crippen LogP contribution in [0.3, 0.4) is 0 Å². The summed E-state index contributed by atoms with van der Waals surface area (Å²) in [4.78, 5) is 0. The quantitative estimate of drug-likeness (QED) is 0.789. The first-order chi connectivity index (χ1) is 8.77. The molecule has 1 N–H and O–H groups in total. The van der Waals surface area contributed by atoms with Crippen molar-refractivity contribution in [2.45, 2.75) is 73.0 Å². The molecule has 0 saturated heterocycles. The van der Waals surface area contributed by atoms with E-state index in [1.165, 1.54) is 19.3 Å². The molecule has 2 heteroatoms. The highest BCUT2D eigenvalue weighted by Crippen LogP contribution is 2.66. The summed E-state index contributed by atoms with van der Waals surface area (Å²) in [5.74, 6) is 1.59. The van der Waals surface area contributed by atoms with E-state index in [4.69, 9.17) is 4.74 Å². The zero-order valence-corrected chi connectivity index (χ0v) is 13.8. The van der Waals surface area contributed by atoms with Gasteiger partial charge in [0.05, 0.1) is 12.2 Å². The van der Waals surface area contributed by atoms with Crippen molar-refractivity contribution >= 4 is 0 Å². The van der Waals surface area contributed by atoms with Crippen LogP contribution < -0.4 is 5.32 Å². The normalized spacial score (nSPS) is 38.1. The summed E-state index contributed by atoms with van der Waals surface area (Å²) < 4.78 is 6.40. The Morgan fingerprint density at radius 2 is 1.84 bits per heavy atom. The summed E-state index contributed by atoms with van der Waals surface area (Å²) in [6.45, 7) is 16.1. The van der Waals surface area contributed by atoms with Crippen molar-refractivity contribution < 1.29 is 4.74 Å². The topological polar surface area (TPSA) is 21.3 Å². The van der Waals surface area contributed by atoms with Gasteiger partial charge in [-0.05, 0) is 55.4 Å². The SMILES string of the molecule is CC(C)CNCC(C)OC1CC2CCC1(C)C2(C)C. The van der Waals surface area contributed by atoms with Crippen molar-refractivity contribution in [2.24, 2.45) is 22.7 Å². The van der Waals surface area contributed by atoms with Crippen LogP contribution >= 0.6 is 0 Å². The zero-order chi connectivity index (χ0) is 14.3. The fourth-order valence-electron chi connectivity index (χ4n) is 4.24. The van der Waals surface area contributed by atoms with Gasteiger partial charge in [0.15, 0.2) is 0 Å². The third-order valence-corrected chi connectivity index (χ3v) is 6.09. The van der Waals surface area contributed by atoms with Crippen molar-refractivity contribution in [3.63, 3.8) is 0 Å². The Hall–Kier alpha value is -0.0800. The van der Waals surface area contributed by atoms with E-state index in [1.54, 1.807) is 0 Å². The molecule has 2 aliphatic carbocycles. The lowest BCUT2D eigenvalue weighted by molar-refractivity contribution is -0.0791. The highest BCUT2D eigenvalue weighted by molar-refractivity contribution is 5.11. The molecule has 112 valence electrons. The average Bonchev–Trinajstić information content (AvgIpc) is 2.61. The number of ether oxygens (including phenoxy) is 1. The molecule has 2 fully saturated rings. The molecular weight excluding hydrogens is 234 g/mol.